The summed E-state index contributed by atoms with van der Waals surface area (Å²) in [4.78, 5) is 0. The van der Waals surface area contributed by atoms with Gasteiger partial charge in [0.05, 0.1) is 12.6 Å². The van der Waals surface area contributed by atoms with Crippen LogP contribution in [-0.4, -0.2) is 17.1 Å². The van der Waals surface area contributed by atoms with E-state index in [2.05, 4.69) is 118 Å². The topological polar surface area (TPSA) is 0 Å². The normalized spacial score (nSPS) is 13.6. The van der Waals surface area contributed by atoms with E-state index in [1.165, 1.54) is 22.3 Å². The van der Waals surface area contributed by atoms with Gasteiger partial charge in [-0.1, -0.05) is 90.1 Å². The van der Waals surface area contributed by atoms with E-state index in [1.54, 1.807) is 0 Å². The van der Waals surface area contributed by atoms with Gasteiger partial charge in [0.1, 0.15) is 13.1 Å². The van der Waals surface area contributed by atoms with Crippen molar-refractivity contribution in [1.82, 2.24) is 0 Å². The van der Waals surface area contributed by atoms with Gasteiger partial charge in [-0.3, -0.25) is 0 Å². The van der Waals surface area contributed by atoms with Crippen LogP contribution in [0.3, 0.4) is 0 Å². The molecule has 28 heavy (non-hydrogen) atoms. The van der Waals surface area contributed by atoms with E-state index in [9.17, 15) is 0 Å². The predicted molar refractivity (Wildman–Crippen MR) is 124 cm³/mol. The SMILES string of the molecule is CC(C)(C)c1ccccc1C[N+](C)(Cc1ccccc1C(C)(C)C)C(C)(C)C. The summed E-state index contributed by atoms with van der Waals surface area (Å²) < 4.78 is 0.979. The van der Waals surface area contributed by atoms with Crippen LogP contribution in [0.4, 0.5) is 0 Å². The summed E-state index contributed by atoms with van der Waals surface area (Å²) in [5.41, 5.74) is 6.32. The molecule has 2 rings (SSSR count). The minimum Gasteiger partial charge on any atom is -0.314 e. The number of quaternary nitrogens is 1. The van der Waals surface area contributed by atoms with Crippen molar-refractivity contribution in [3.63, 3.8) is 0 Å². The van der Waals surface area contributed by atoms with E-state index in [4.69, 9.17) is 0 Å². The Morgan fingerprint density at radius 3 is 1.18 bits per heavy atom. The lowest BCUT2D eigenvalue weighted by Gasteiger charge is -2.47. The molecule has 2 aromatic rings. The van der Waals surface area contributed by atoms with E-state index >= 15 is 0 Å². The highest BCUT2D eigenvalue weighted by atomic mass is 15.4. The van der Waals surface area contributed by atoms with Gasteiger partial charge in [-0.2, -0.15) is 0 Å². The fraction of sp³-hybridized carbons (Fsp3) is 0.556. The number of hydrogen-bond donors (Lipinski definition) is 0. The van der Waals surface area contributed by atoms with Crippen LogP contribution in [0, 0.1) is 0 Å². The Morgan fingerprint density at radius 2 is 0.893 bits per heavy atom. The molecule has 1 heteroatoms. The summed E-state index contributed by atoms with van der Waals surface area (Å²) in [5.74, 6) is 0. The summed E-state index contributed by atoms with van der Waals surface area (Å²) in [6.07, 6.45) is 0. The van der Waals surface area contributed by atoms with Crippen LogP contribution in [0.2, 0.25) is 0 Å². The molecule has 0 aliphatic rings. The Morgan fingerprint density at radius 1 is 0.571 bits per heavy atom. The highest BCUT2D eigenvalue weighted by Crippen LogP contribution is 2.35. The quantitative estimate of drug-likeness (QED) is 0.491. The first-order valence-electron chi connectivity index (χ1n) is 10.7. The molecule has 0 radical (unpaired) electrons. The summed E-state index contributed by atoms with van der Waals surface area (Å²) in [6, 6.07) is 18.0. The van der Waals surface area contributed by atoms with Crippen molar-refractivity contribution in [2.24, 2.45) is 0 Å². The molecule has 0 unspecified atom stereocenters. The molecular formula is C27H42N+. The maximum atomic E-state index is 2.43. The summed E-state index contributed by atoms with van der Waals surface area (Å²) in [6.45, 7) is 23.1. The number of rotatable bonds is 4. The molecule has 0 aliphatic heterocycles. The zero-order valence-corrected chi connectivity index (χ0v) is 20.0. The number of nitrogens with zero attached hydrogens (tertiary/aromatic N) is 1. The van der Waals surface area contributed by atoms with E-state index in [1.807, 2.05) is 0 Å². The molecular weight excluding hydrogens is 338 g/mol. The van der Waals surface area contributed by atoms with Gasteiger partial charge in [0.15, 0.2) is 0 Å². The van der Waals surface area contributed by atoms with Gasteiger partial charge >= 0.3 is 0 Å². The Bertz CT molecular complexity index is 734. The van der Waals surface area contributed by atoms with Gasteiger partial charge in [0, 0.05) is 11.1 Å². The van der Waals surface area contributed by atoms with Crippen molar-refractivity contribution < 1.29 is 4.48 Å². The number of hydrogen-bond acceptors (Lipinski definition) is 0. The van der Waals surface area contributed by atoms with Crippen molar-refractivity contribution >= 4 is 0 Å². The molecule has 0 saturated heterocycles. The molecule has 0 bridgehead atoms. The predicted octanol–water partition coefficient (Wildman–Crippen LogP) is 7.23. The molecule has 0 aliphatic carbocycles. The van der Waals surface area contributed by atoms with Gasteiger partial charge < -0.3 is 4.48 Å². The first-order valence-corrected chi connectivity index (χ1v) is 10.7. The van der Waals surface area contributed by atoms with Crippen LogP contribution in [-0.2, 0) is 23.9 Å². The minimum absolute atomic E-state index is 0.135. The third-order valence-corrected chi connectivity index (χ3v) is 6.31. The second-order valence-corrected chi connectivity index (χ2v) is 11.7. The maximum absolute atomic E-state index is 2.43. The van der Waals surface area contributed by atoms with E-state index in [-0.39, 0.29) is 16.4 Å². The maximum Gasteiger partial charge on any atom is 0.105 e. The summed E-state index contributed by atoms with van der Waals surface area (Å²) in [5, 5.41) is 0. The standard InChI is InChI=1S/C27H42N/c1-25(2,3)23-17-13-11-15-21(23)19-28(10,27(7,8)9)20-22-16-12-14-18-24(22)26(4,5)6/h11-18H,19-20H2,1-10H3/q+1. The second-order valence-electron chi connectivity index (χ2n) is 11.7. The van der Waals surface area contributed by atoms with Crippen LogP contribution in [0.5, 0.6) is 0 Å². The summed E-state index contributed by atoms with van der Waals surface area (Å²) in [7, 11) is 2.43. The van der Waals surface area contributed by atoms with Gasteiger partial charge in [-0.25, -0.2) is 0 Å². The van der Waals surface area contributed by atoms with Gasteiger partial charge in [-0.05, 0) is 42.7 Å². The molecule has 0 atom stereocenters. The van der Waals surface area contributed by atoms with E-state index in [0.29, 0.717) is 0 Å². The third kappa shape index (κ3) is 5.06. The first kappa shape index (κ1) is 22.7. The smallest absolute Gasteiger partial charge is 0.105 e. The molecule has 0 aromatic heterocycles. The zero-order chi connectivity index (χ0) is 21.4. The third-order valence-electron chi connectivity index (χ3n) is 6.31. The minimum atomic E-state index is 0.135. The average Bonchev–Trinajstić information content (AvgIpc) is 2.52. The molecule has 0 N–H and O–H groups in total. The highest BCUT2D eigenvalue weighted by molar-refractivity contribution is 5.34. The van der Waals surface area contributed by atoms with Crippen molar-refractivity contribution in [2.75, 3.05) is 7.05 Å². The van der Waals surface area contributed by atoms with Crippen molar-refractivity contribution in [2.45, 2.75) is 91.8 Å². The van der Waals surface area contributed by atoms with Crippen LogP contribution in [0.25, 0.3) is 0 Å². The zero-order valence-electron chi connectivity index (χ0n) is 20.0. The van der Waals surface area contributed by atoms with Gasteiger partial charge in [0.2, 0.25) is 0 Å². The van der Waals surface area contributed by atoms with Crippen LogP contribution < -0.4 is 0 Å². The summed E-state index contributed by atoms with van der Waals surface area (Å²) >= 11 is 0. The molecule has 0 amide bonds. The van der Waals surface area contributed by atoms with Crippen molar-refractivity contribution in [3.05, 3.63) is 70.8 Å². The molecule has 2 aromatic carbocycles. The van der Waals surface area contributed by atoms with Gasteiger partial charge in [0.25, 0.3) is 0 Å². The van der Waals surface area contributed by atoms with E-state index < -0.39 is 0 Å². The molecule has 1 nitrogen and oxygen atoms in total. The highest BCUT2D eigenvalue weighted by Gasteiger charge is 2.38. The monoisotopic (exact) mass is 380 g/mol. The fourth-order valence-corrected chi connectivity index (χ4v) is 4.06. The van der Waals surface area contributed by atoms with Crippen LogP contribution in [0.1, 0.15) is 84.6 Å². The molecule has 0 fully saturated rings. The average molecular weight is 381 g/mol. The fourth-order valence-electron chi connectivity index (χ4n) is 4.06. The lowest BCUT2D eigenvalue weighted by molar-refractivity contribution is -0.978. The first-order chi connectivity index (χ1) is 12.7. The Balaban J connectivity index is 2.52. The van der Waals surface area contributed by atoms with Crippen molar-refractivity contribution in [3.8, 4) is 0 Å². The molecule has 0 spiro atoms. The van der Waals surface area contributed by atoms with Crippen LogP contribution in [0.15, 0.2) is 48.5 Å². The molecule has 154 valence electrons. The van der Waals surface area contributed by atoms with Crippen molar-refractivity contribution in [1.29, 1.82) is 0 Å². The molecule has 0 saturated carbocycles. The lowest BCUT2D eigenvalue weighted by atomic mass is 9.82. The Hall–Kier alpha value is -1.60. The van der Waals surface area contributed by atoms with Gasteiger partial charge in [-0.15, -0.1) is 0 Å². The van der Waals surface area contributed by atoms with E-state index in [0.717, 1.165) is 17.6 Å². The lowest BCUT2D eigenvalue weighted by Crippen LogP contribution is -2.56. The van der Waals surface area contributed by atoms with Crippen LogP contribution >= 0.6 is 0 Å². The Kier molecular flexibility index (Phi) is 6.22. The molecule has 0 heterocycles. The Labute approximate surface area is 174 Å². The second kappa shape index (κ2) is 7.67. The largest absolute Gasteiger partial charge is 0.314 e. The number of benzene rings is 2.